The summed E-state index contributed by atoms with van der Waals surface area (Å²) in [5, 5.41) is 12.7. The van der Waals surface area contributed by atoms with Crippen LogP contribution in [0.15, 0.2) is 12.4 Å². The molecule has 0 bridgehead atoms. The molecular formula is C11H16ClN5. The molecular weight excluding hydrogens is 238 g/mol. The van der Waals surface area contributed by atoms with E-state index in [1.807, 2.05) is 22.4 Å². The third-order valence-corrected chi connectivity index (χ3v) is 2.74. The third kappa shape index (κ3) is 2.20. The van der Waals surface area contributed by atoms with Gasteiger partial charge in [-0.1, -0.05) is 20.8 Å². The highest BCUT2D eigenvalue weighted by Crippen LogP contribution is 2.26. The maximum absolute atomic E-state index is 6.09. The Hall–Kier alpha value is -1.36. The van der Waals surface area contributed by atoms with Crippen molar-refractivity contribution in [2.75, 3.05) is 0 Å². The van der Waals surface area contributed by atoms with Crippen LogP contribution in [-0.2, 0) is 12.0 Å². The Morgan fingerprint density at radius 1 is 1.29 bits per heavy atom. The molecule has 0 aliphatic heterocycles. The van der Waals surface area contributed by atoms with E-state index in [0.29, 0.717) is 5.28 Å². The van der Waals surface area contributed by atoms with E-state index in [1.165, 1.54) is 0 Å². The van der Waals surface area contributed by atoms with Crippen LogP contribution in [0.2, 0.25) is 5.28 Å². The first kappa shape index (κ1) is 12.1. The Bertz CT molecular complexity index is 520. The average Bonchev–Trinajstić information content (AvgIpc) is 2.81. The summed E-state index contributed by atoms with van der Waals surface area (Å²) in [6, 6.07) is 0. The van der Waals surface area contributed by atoms with Crippen LogP contribution < -0.4 is 0 Å². The predicted octanol–water partition coefficient (Wildman–Crippen LogP) is 2.43. The van der Waals surface area contributed by atoms with Crippen LogP contribution in [0, 0.1) is 0 Å². The number of halogens is 1. The highest BCUT2D eigenvalue weighted by Gasteiger charge is 2.24. The van der Waals surface area contributed by atoms with Gasteiger partial charge in [0.1, 0.15) is 5.82 Å². The van der Waals surface area contributed by atoms with Crippen LogP contribution in [0.1, 0.15) is 33.5 Å². The quantitative estimate of drug-likeness (QED) is 0.826. The number of rotatable bonds is 2. The summed E-state index contributed by atoms with van der Waals surface area (Å²) in [5.74, 6) is 0.832. The zero-order valence-electron chi connectivity index (χ0n) is 10.5. The van der Waals surface area contributed by atoms with Crippen molar-refractivity contribution >= 4 is 11.6 Å². The van der Waals surface area contributed by atoms with E-state index in [0.717, 1.165) is 18.1 Å². The number of aryl methyl sites for hydroxylation is 1. The molecule has 0 saturated heterocycles. The summed E-state index contributed by atoms with van der Waals surface area (Å²) in [4.78, 5) is 0. The van der Waals surface area contributed by atoms with E-state index in [9.17, 15) is 0 Å². The average molecular weight is 254 g/mol. The van der Waals surface area contributed by atoms with Gasteiger partial charge < -0.3 is 0 Å². The highest BCUT2D eigenvalue weighted by molar-refractivity contribution is 6.28. The molecule has 5 nitrogen and oxygen atoms in total. The van der Waals surface area contributed by atoms with Crippen molar-refractivity contribution in [1.29, 1.82) is 0 Å². The fourth-order valence-electron chi connectivity index (χ4n) is 1.62. The number of hydrogen-bond donors (Lipinski definition) is 0. The van der Waals surface area contributed by atoms with Crippen LogP contribution in [0.25, 0.3) is 5.69 Å². The molecule has 17 heavy (non-hydrogen) atoms. The fourth-order valence-corrected chi connectivity index (χ4v) is 1.84. The summed E-state index contributed by atoms with van der Waals surface area (Å²) >= 11 is 6.09. The molecule has 0 spiro atoms. The molecule has 0 radical (unpaired) electrons. The molecule has 0 fully saturated rings. The summed E-state index contributed by atoms with van der Waals surface area (Å²) in [5.41, 5.74) is 0.779. The van der Waals surface area contributed by atoms with Crippen molar-refractivity contribution in [3.8, 4) is 5.69 Å². The first-order chi connectivity index (χ1) is 7.93. The largest absolute Gasteiger partial charge is 0.271 e. The molecule has 0 aliphatic rings. The summed E-state index contributed by atoms with van der Waals surface area (Å²) < 4.78 is 3.68. The van der Waals surface area contributed by atoms with Crippen molar-refractivity contribution in [2.45, 2.75) is 39.7 Å². The maximum Gasteiger partial charge on any atom is 0.229 e. The molecule has 0 amide bonds. The van der Waals surface area contributed by atoms with Gasteiger partial charge in [-0.2, -0.15) is 5.10 Å². The van der Waals surface area contributed by atoms with Crippen molar-refractivity contribution < 1.29 is 0 Å². The van der Waals surface area contributed by atoms with E-state index in [-0.39, 0.29) is 5.41 Å². The number of aromatic nitrogens is 5. The maximum atomic E-state index is 6.09. The summed E-state index contributed by atoms with van der Waals surface area (Å²) in [7, 11) is 0. The van der Waals surface area contributed by atoms with Crippen LogP contribution in [0.3, 0.4) is 0 Å². The van der Waals surface area contributed by atoms with Gasteiger partial charge in [0.05, 0.1) is 11.9 Å². The molecule has 0 N–H and O–H groups in total. The van der Waals surface area contributed by atoms with E-state index >= 15 is 0 Å². The molecule has 0 saturated carbocycles. The Kier molecular flexibility index (Phi) is 2.95. The molecule has 2 rings (SSSR count). The van der Waals surface area contributed by atoms with Crippen molar-refractivity contribution in [3.05, 3.63) is 23.5 Å². The summed E-state index contributed by atoms with van der Waals surface area (Å²) in [6.07, 6.45) is 3.71. The van der Waals surface area contributed by atoms with Gasteiger partial charge in [0.2, 0.25) is 5.28 Å². The molecule has 0 unspecified atom stereocenters. The van der Waals surface area contributed by atoms with Gasteiger partial charge >= 0.3 is 0 Å². The fraction of sp³-hybridized carbons (Fsp3) is 0.545. The van der Waals surface area contributed by atoms with Gasteiger partial charge in [-0.3, -0.25) is 9.25 Å². The second kappa shape index (κ2) is 4.14. The highest BCUT2D eigenvalue weighted by atomic mass is 35.5. The summed E-state index contributed by atoms with van der Waals surface area (Å²) in [6.45, 7) is 9.09. The van der Waals surface area contributed by atoms with Gasteiger partial charge in [0.15, 0.2) is 0 Å². The van der Waals surface area contributed by atoms with Gasteiger partial charge in [0.25, 0.3) is 0 Å². The Morgan fingerprint density at radius 2 is 2.00 bits per heavy atom. The molecule has 0 atom stereocenters. The second-order valence-electron chi connectivity index (χ2n) is 4.93. The Labute approximate surface area is 105 Å². The minimum atomic E-state index is -0.117. The van der Waals surface area contributed by atoms with Crippen LogP contribution in [-0.4, -0.2) is 24.5 Å². The Balaban J connectivity index is 2.54. The van der Waals surface area contributed by atoms with E-state index in [2.05, 4.69) is 36.1 Å². The van der Waals surface area contributed by atoms with Gasteiger partial charge in [-0.05, 0) is 18.5 Å². The van der Waals surface area contributed by atoms with E-state index in [1.54, 1.807) is 6.20 Å². The molecule has 0 aromatic carbocycles. The minimum Gasteiger partial charge on any atom is -0.271 e. The zero-order chi connectivity index (χ0) is 12.6. The van der Waals surface area contributed by atoms with Gasteiger partial charge in [0, 0.05) is 18.2 Å². The molecule has 2 heterocycles. The third-order valence-electron chi connectivity index (χ3n) is 2.50. The Morgan fingerprint density at radius 3 is 2.53 bits per heavy atom. The molecule has 2 aromatic heterocycles. The normalized spacial score (nSPS) is 12.1. The lowest BCUT2D eigenvalue weighted by Crippen LogP contribution is -2.18. The predicted molar refractivity (Wildman–Crippen MR) is 66.5 cm³/mol. The minimum absolute atomic E-state index is 0.117. The molecule has 6 heteroatoms. The topological polar surface area (TPSA) is 48.5 Å². The molecule has 0 aliphatic carbocycles. The number of nitrogens with zero attached hydrogens (tertiary/aromatic N) is 5. The van der Waals surface area contributed by atoms with E-state index in [4.69, 9.17) is 11.6 Å². The van der Waals surface area contributed by atoms with Crippen LogP contribution in [0.5, 0.6) is 0 Å². The monoisotopic (exact) mass is 253 g/mol. The zero-order valence-corrected chi connectivity index (χ0v) is 11.2. The van der Waals surface area contributed by atoms with Crippen molar-refractivity contribution in [1.82, 2.24) is 24.5 Å². The van der Waals surface area contributed by atoms with Crippen LogP contribution >= 0.6 is 11.6 Å². The van der Waals surface area contributed by atoms with Gasteiger partial charge in [-0.15, -0.1) is 10.2 Å². The van der Waals surface area contributed by atoms with Crippen molar-refractivity contribution in [3.63, 3.8) is 0 Å². The molecule has 92 valence electrons. The lowest BCUT2D eigenvalue weighted by molar-refractivity contribution is 0.533. The lowest BCUT2D eigenvalue weighted by Gasteiger charge is -2.17. The van der Waals surface area contributed by atoms with Crippen molar-refractivity contribution in [2.24, 2.45) is 0 Å². The second-order valence-corrected chi connectivity index (χ2v) is 5.27. The smallest absolute Gasteiger partial charge is 0.229 e. The standard InChI is InChI=1S/C11H16ClN5/c1-5-16-7-8(6-13-16)17-9(11(2,3)4)14-15-10(17)12/h6-7H,5H2,1-4H3. The first-order valence-corrected chi connectivity index (χ1v) is 5.95. The molecule has 2 aromatic rings. The van der Waals surface area contributed by atoms with E-state index < -0.39 is 0 Å². The van der Waals surface area contributed by atoms with Gasteiger partial charge in [-0.25, -0.2) is 0 Å². The lowest BCUT2D eigenvalue weighted by atomic mass is 9.95. The number of hydrogen-bond acceptors (Lipinski definition) is 3. The SMILES string of the molecule is CCn1cc(-n2c(Cl)nnc2C(C)(C)C)cn1. The van der Waals surface area contributed by atoms with Crippen LogP contribution in [0.4, 0.5) is 0 Å². The first-order valence-electron chi connectivity index (χ1n) is 5.57.